The van der Waals surface area contributed by atoms with Gasteiger partial charge < -0.3 is 10.0 Å². The third-order valence-electron chi connectivity index (χ3n) is 5.00. The number of aliphatic hydroxyl groups is 1. The van der Waals surface area contributed by atoms with Crippen LogP contribution in [0.15, 0.2) is 22.7 Å². The first-order valence-corrected chi connectivity index (χ1v) is 8.70. The minimum atomic E-state index is -0.401. The van der Waals surface area contributed by atoms with Gasteiger partial charge >= 0.3 is 0 Å². The molecule has 1 saturated heterocycles. The van der Waals surface area contributed by atoms with Crippen LogP contribution in [0.4, 0.5) is 5.69 Å². The Kier molecular flexibility index (Phi) is 4.37. The van der Waals surface area contributed by atoms with Gasteiger partial charge in [-0.05, 0) is 50.7 Å². The summed E-state index contributed by atoms with van der Waals surface area (Å²) >= 11 is 3.59. The van der Waals surface area contributed by atoms with E-state index in [1.807, 2.05) is 13.0 Å². The third-order valence-corrected chi connectivity index (χ3v) is 5.49. The van der Waals surface area contributed by atoms with Gasteiger partial charge in [-0.2, -0.15) is 0 Å². The first kappa shape index (κ1) is 14.4. The lowest BCUT2D eigenvalue weighted by Crippen LogP contribution is -2.47. The first-order chi connectivity index (χ1) is 9.66. The van der Waals surface area contributed by atoms with Crippen molar-refractivity contribution in [2.24, 2.45) is 5.92 Å². The minimum absolute atomic E-state index is 0.401. The summed E-state index contributed by atoms with van der Waals surface area (Å²) in [5.41, 5.74) is 2.31. The van der Waals surface area contributed by atoms with E-state index < -0.39 is 6.10 Å². The molecule has 1 unspecified atom stereocenters. The molecule has 1 saturated carbocycles. The van der Waals surface area contributed by atoms with Gasteiger partial charge in [-0.3, -0.25) is 0 Å². The number of benzene rings is 1. The Morgan fingerprint density at radius 2 is 1.95 bits per heavy atom. The molecule has 1 N–H and O–H groups in total. The number of halogens is 1. The van der Waals surface area contributed by atoms with Crippen molar-refractivity contribution >= 4 is 21.6 Å². The van der Waals surface area contributed by atoms with Crippen molar-refractivity contribution in [3.8, 4) is 0 Å². The van der Waals surface area contributed by atoms with Crippen LogP contribution in [0, 0.1) is 5.92 Å². The van der Waals surface area contributed by atoms with Crippen LogP contribution in [0.25, 0.3) is 0 Å². The van der Waals surface area contributed by atoms with E-state index in [0.717, 1.165) is 22.5 Å². The molecule has 2 aliphatic rings. The summed E-state index contributed by atoms with van der Waals surface area (Å²) in [6, 6.07) is 6.98. The van der Waals surface area contributed by atoms with Crippen molar-refractivity contribution in [3.63, 3.8) is 0 Å². The van der Waals surface area contributed by atoms with E-state index in [4.69, 9.17) is 0 Å². The predicted octanol–water partition coefficient (Wildman–Crippen LogP) is 4.66. The molecule has 2 fully saturated rings. The van der Waals surface area contributed by atoms with Crippen LogP contribution >= 0.6 is 15.9 Å². The van der Waals surface area contributed by atoms with Crippen LogP contribution in [0.2, 0.25) is 0 Å². The molecule has 0 bridgehead atoms. The standard InChI is InChI=1S/C17H24BrNO/c1-12(20)15-9-8-14(18)11-17(15)19-10-4-6-13-5-2-3-7-16(13)19/h8-9,11-13,16,20H,2-7,10H2,1H3/t12?,13-,16-/m1/s1. The molecule has 1 aliphatic carbocycles. The zero-order valence-corrected chi connectivity index (χ0v) is 13.8. The molecule has 2 nitrogen and oxygen atoms in total. The Hall–Kier alpha value is -0.540. The molecule has 1 aliphatic heterocycles. The van der Waals surface area contributed by atoms with Crippen LogP contribution in [0.5, 0.6) is 0 Å². The van der Waals surface area contributed by atoms with E-state index >= 15 is 0 Å². The average Bonchev–Trinajstić information content (AvgIpc) is 2.46. The summed E-state index contributed by atoms with van der Waals surface area (Å²) < 4.78 is 1.11. The zero-order chi connectivity index (χ0) is 14.1. The summed E-state index contributed by atoms with van der Waals surface area (Å²) in [4.78, 5) is 2.58. The van der Waals surface area contributed by atoms with Gasteiger partial charge in [0.05, 0.1) is 6.10 Å². The quantitative estimate of drug-likeness (QED) is 0.848. The van der Waals surface area contributed by atoms with Crippen molar-refractivity contribution in [1.29, 1.82) is 0 Å². The molecule has 110 valence electrons. The van der Waals surface area contributed by atoms with Crippen LogP contribution in [-0.2, 0) is 0 Å². The molecule has 3 heteroatoms. The van der Waals surface area contributed by atoms with E-state index in [0.29, 0.717) is 6.04 Å². The van der Waals surface area contributed by atoms with E-state index in [-0.39, 0.29) is 0 Å². The number of fused-ring (bicyclic) bond motifs is 1. The number of aliphatic hydroxyl groups excluding tert-OH is 1. The molecule has 3 atom stereocenters. The second-order valence-corrected chi connectivity index (χ2v) is 7.24. The molecule has 1 aromatic carbocycles. The lowest BCUT2D eigenvalue weighted by molar-refractivity contribution is 0.197. The number of piperidine rings is 1. The fourth-order valence-electron chi connectivity index (χ4n) is 4.04. The lowest BCUT2D eigenvalue weighted by Gasteiger charge is -2.46. The molecule has 1 aromatic rings. The summed E-state index contributed by atoms with van der Waals surface area (Å²) in [6.07, 6.45) is 7.73. The Morgan fingerprint density at radius 1 is 1.20 bits per heavy atom. The smallest absolute Gasteiger partial charge is 0.0782 e. The SMILES string of the molecule is CC(O)c1ccc(Br)cc1N1CCC[C@H]2CCCC[C@H]21. The van der Waals surface area contributed by atoms with E-state index in [9.17, 15) is 5.11 Å². The highest BCUT2D eigenvalue weighted by Gasteiger charge is 2.34. The molecule has 1 heterocycles. The van der Waals surface area contributed by atoms with Gasteiger partial charge in [-0.15, -0.1) is 0 Å². The van der Waals surface area contributed by atoms with Crippen molar-refractivity contribution in [2.75, 3.05) is 11.4 Å². The van der Waals surface area contributed by atoms with Gasteiger partial charge in [0.2, 0.25) is 0 Å². The number of rotatable bonds is 2. The molecule has 0 aromatic heterocycles. The van der Waals surface area contributed by atoms with Crippen molar-refractivity contribution in [1.82, 2.24) is 0 Å². The van der Waals surface area contributed by atoms with Gasteiger partial charge in [0.1, 0.15) is 0 Å². The Balaban J connectivity index is 1.96. The fraction of sp³-hybridized carbons (Fsp3) is 0.647. The molecule has 3 rings (SSSR count). The van der Waals surface area contributed by atoms with E-state index in [1.54, 1.807) is 0 Å². The maximum Gasteiger partial charge on any atom is 0.0782 e. The number of nitrogens with zero attached hydrogens (tertiary/aromatic N) is 1. The summed E-state index contributed by atoms with van der Waals surface area (Å²) in [6.45, 7) is 3.01. The highest BCUT2D eigenvalue weighted by molar-refractivity contribution is 9.10. The molecular formula is C17H24BrNO. The Bertz CT molecular complexity index is 472. The summed E-state index contributed by atoms with van der Waals surface area (Å²) in [5.74, 6) is 0.860. The number of anilines is 1. The summed E-state index contributed by atoms with van der Waals surface area (Å²) in [7, 11) is 0. The van der Waals surface area contributed by atoms with Gasteiger partial charge in [0.25, 0.3) is 0 Å². The van der Waals surface area contributed by atoms with Gasteiger partial charge in [0.15, 0.2) is 0 Å². The summed E-state index contributed by atoms with van der Waals surface area (Å²) in [5, 5.41) is 10.1. The molecule has 0 spiro atoms. The number of hydrogen-bond donors (Lipinski definition) is 1. The van der Waals surface area contributed by atoms with E-state index in [1.165, 1.54) is 44.2 Å². The average molecular weight is 338 g/mol. The largest absolute Gasteiger partial charge is 0.389 e. The monoisotopic (exact) mass is 337 g/mol. The third kappa shape index (κ3) is 2.75. The van der Waals surface area contributed by atoms with Gasteiger partial charge in [-0.1, -0.05) is 34.8 Å². The highest BCUT2D eigenvalue weighted by atomic mass is 79.9. The zero-order valence-electron chi connectivity index (χ0n) is 12.2. The van der Waals surface area contributed by atoms with Crippen molar-refractivity contribution < 1.29 is 5.11 Å². The molecule has 0 radical (unpaired) electrons. The van der Waals surface area contributed by atoms with Crippen molar-refractivity contribution in [2.45, 2.75) is 57.6 Å². The molecule has 0 amide bonds. The fourth-order valence-corrected chi connectivity index (χ4v) is 4.39. The maximum atomic E-state index is 10.1. The second kappa shape index (κ2) is 6.07. The van der Waals surface area contributed by atoms with Crippen LogP contribution in [0.1, 0.15) is 57.1 Å². The molecular weight excluding hydrogens is 314 g/mol. The lowest BCUT2D eigenvalue weighted by atomic mass is 9.78. The van der Waals surface area contributed by atoms with Crippen LogP contribution in [0.3, 0.4) is 0 Å². The number of hydrogen-bond acceptors (Lipinski definition) is 2. The maximum absolute atomic E-state index is 10.1. The van der Waals surface area contributed by atoms with E-state index in [2.05, 4.69) is 33.0 Å². The second-order valence-electron chi connectivity index (χ2n) is 6.33. The van der Waals surface area contributed by atoms with Gasteiger partial charge in [0, 0.05) is 28.3 Å². The van der Waals surface area contributed by atoms with Crippen LogP contribution in [-0.4, -0.2) is 17.7 Å². The minimum Gasteiger partial charge on any atom is -0.389 e. The van der Waals surface area contributed by atoms with Crippen molar-refractivity contribution in [3.05, 3.63) is 28.2 Å². The first-order valence-electron chi connectivity index (χ1n) is 7.91. The van der Waals surface area contributed by atoms with Gasteiger partial charge in [-0.25, -0.2) is 0 Å². The highest BCUT2D eigenvalue weighted by Crippen LogP contribution is 2.40. The Labute approximate surface area is 130 Å². The predicted molar refractivity (Wildman–Crippen MR) is 87.1 cm³/mol. The normalized spacial score (nSPS) is 28.1. The van der Waals surface area contributed by atoms with Crippen LogP contribution < -0.4 is 4.90 Å². The topological polar surface area (TPSA) is 23.5 Å². The Morgan fingerprint density at radius 3 is 2.75 bits per heavy atom. The molecule has 20 heavy (non-hydrogen) atoms.